The number of benzene rings is 3. The minimum atomic E-state index is -5.15. The molecule has 3 aromatic carbocycles. The molecule has 0 aliphatic carbocycles. The molecule has 0 aromatic heterocycles. The van der Waals surface area contributed by atoms with Crippen LogP contribution in [0.1, 0.15) is 16.7 Å². The molecule has 3 rings (SSSR count). The van der Waals surface area contributed by atoms with Crippen LogP contribution < -0.4 is 0 Å². The van der Waals surface area contributed by atoms with Crippen molar-refractivity contribution in [1.82, 2.24) is 0 Å². The summed E-state index contributed by atoms with van der Waals surface area (Å²) >= 11 is 24.3. The van der Waals surface area contributed by atoms with Crippen LogP contribution in [0.4, 0.5) is 0 Å². The summed E-state index contributed by atoms with van der Waals surface area (Å²) in [6.07, 6.45) is 0. The fourth-order valence-electron chi connectivity index (χ4n) is 3.22. The van der Waals surface area contributed by atoms with Gasteiger partial charge in [0.15, 0.2) is 4.75 Å². The summed E-state index contributed by atoms with van der Waals surface area (Å²) in [4.78, 5) is 0. The fourth-order valence-corrected chi connectivity index (χ4v) is 5.39. The minimum Gasteiger partial charge on any atom is -0.508 e. The van der Waals surface area contributed by atoms with E-state index in [2.05, 4.69) is 0 Å². The largest absolute Gasteiger partial charge is 0.508 e. The Morgan fingerprint density at radius 2 is 1.07 bits per heavy atom. The highest BCUT2D eigenvalue weighted by Gasteiger charge is 2.52. The number of phenols is 2. The van der Waals surface area contributed by atoms with E-state index in [9.17, 15) is 23.2 Å². The van der Waals surface area contributed by atoms with Gasteiger partial charge in [0.1, 0.15) is 11.5 Å². The molecule has 0 unspecified atom stereocenters. The summed E-state index contributed by atoms with van der Waals surface area (Å²) in [5.74, 6) is -1.02. The van der Waals surface area contributed by atoms with Crippen molar-refractivity contribution in [3.05, 3.63) is 91.4 Å². The standard InChI is InChI=1S/C19H12Cl4O5S/c20-11-1-3-17(24)15(8-11)19(29(26,27)28,10-5-13(22)7-14(23)6-10)16-9-12(21)2-4-18(16)25/h1-9,24-25H,(H,26,27,28). The van der Waals surface area contributed by atoms with E-state index in [1.165, 1.54) is 30.3 Å². The molecule has 0 radical (unpaired) electrons. The quantitative estimate of drug-likeness (QED) is 0.311. The van der Waals surface area contributed by atoms with Gasteiger partial charge in [0, 0.05) is 31.2 Å². The molecule has 0 aliphatic heterocycles. The van der Waals surface area contributed by atoms with Gasteiger partial charge in [0.25, 0.3) is 10.1 Å². The maximum Gasteiger partial charge on any atom is 0.283 e. The molecule has 0 saturated carbocycles. The van der Waals surface area contributed by atoms with Crippen LogP contribution in [0.2, 0.25) is 20.1 Å². The maximum atomic E-state index is 13.0. The first-order chi connectivity index (χ1) is 13.5. The van der Waals surface area contributed by atoms with Crippen LogP contribution in [-0.4, -0.2) is 23.2 Å². The van der Waals surface area contributed by atoms with E-state index in [0.717, 1.165) is 24.3 Å². The number of rotatable bonds is 4. The molecule has 0 atom stereocenters. The van der Waals surface area contributed by atoms with E-state index in [1.807, 2.05) is 0 Å². The second kappa shape index (κ2) is 7.87. The smallest absolute Gasteiger partial charge is 0.283 e. The van der Waals surface area contributed by atoms with Gasteiger partial charge in [-0.15, -0.1) is 0 Å². The molecule has 0 bridgehead atoms. The van der Waals surface area contributed by atoms with Gasteiger partial charge in [0.2, 0.25) is 0 Å². The maximum absolute atomic E-state index is 13.0. The summed E-state index contributed by atoms with van der Waals surface area (Å²) < 4.78 is 33.9. The van der Waals surface area contributed by atoms with Crippen molar-refractivity contribution in [3.8, 4) is 11.5 Å². The molecule has 3 N–H and O–H groups in total. The summed E-state index contributed by atoms with van der Waals surface area (Å²) in [5.41, 5.74) is -0.806. The molecule has 0 heterocycles. The lowest BCUT2D eigenvalue weighted by Gasteiger charge is -2.33. The number of hydrogen-bond acceptors (Lipinski definition) is 4. The number of aromatic hydroxyl groups is 2. The first-order valence-corrected chi connectivity index (χ1v) is 10.8. The Balaban J connectivity index is 2.65. The van der Waals surface area contributed by atoms with Crippen LogP contribution in [0.25, 0.3) is 0 Å². The van der Waals surface area contributed by atoms with E-state index >= 15 is 0 Å². The number of halogens is 4. The highest BCUT2D eigenvalue weighted by atomic mass is 35.5. The second-order valence-corrected chi connectivity index (χ2v) is 9.45. The molecule has 0 fully saturated rings. The molecule has 0 aliphatic rings. The van der Waals surface area contributed by atoms with E-state index in [1.54, 1.807) is 0 Å². The fraction of sp³-hybridized carbons (Fsp3) is 0.0526. The van der Waals surface area contributed by atoms with Gasteiger partial charge in [-0.1, -0.05) is 46.4 Å². The Hall–Kier alpha value is -1.67. The molecule has 29 heavy (non-hydrogen) atoms. The monoisotopic (exact) mass is 492 g/mol. The zero-order chi connectivity index (χ0) is 21.6. The molecule has 0 amide bonds. The van der Waals surface area contributed by atoms with Crippen LogP contribution in [0, 0.1) is 0 Å². The minimum absolute atomic E-state index is 0.0589. The van der Waals surface area contributed by atoms with E-state index < -0.39 is 26.4 Å². The average molecular weight is 494 g/mol. The lowest BCUT2D eigenvalue weighted by Crippen LogP contribution is -2.38. The van der Waals surface area contributed by atoms with E-state index in [-0.39, 0.29) is 36.8 Å². The Morgan fingerprint density at radius 3 is 1.45 bits per heavy atom. The van der Waals surface area contributed by atoms with Crippen molar-refractivity contribution >= 4 is 56.5 Å². The number of phenolic OH excluding ortho intramolecular Hbond substituents is 2. The summed E-state index contributed by atoms with van der Waals surface area (Å²) in [7, 11) is -5.15. The van der Waals surface area contributed by atoms with Crippen LogP contribution in [-0.2, 0) is 14.9 Å². The third-order valence-electron chi connectivity index (χ3n) is 4.33. The Morgan fingerprint density at radius 1 is 0.655 bits per heavy atom. The first-order valence-electron chi connectivity index (χ1n) is 7.88. The molecular formula is C19H12Cl4O5S. The highest BCUT2D eigenvalue weighted by Crippen LogP contribution is 2.51. The van der Waals surface area contributed by atoms with Crippen LogP contribution in [0.3, 0.4) is 0 Å². The SMILES string of the molecule is O=S(=O)(O)C(c1cc(Cl)cc(Cl)c1)(c1cc(Cl)ccc1O)c1cc(Cl)ccc1O. The molecule has 3 aromatic rings. The molecule has 0 saturated heterocycles. The van der Waals surface area contributed by atoms with Crippen molar-refractivity contribution in [1.29, 1.82) is 0 Å². The predicted octanol–water partition coefficient (Wildman–Crippen LogP) is 5.89. The zero-order valence-electron chi connectivity index (χ0n) is 14.3. The van der Waals surface area contributed by atoms with Crippen molar-refractivity contribution in [2.24, 2.45) is 0 Å². The van der Waals surface area contributed by atoms with Crippen LogP contribution >= 0.6 is 46.4 Å². The predicted molar refractivity (Wildman–Crippen MR) is 114 cm³/mol. The average Bonchev–Trinajstić information content (AvgIpc) is 2.59. The van der Waals surface area contributed by atoms with Crippen molar-refractivity contribution in [3.63, 3.8) is 0 Å². The van der Waals surface area contributed by atoms with Gasteiger partial charge in [-0.25, -0.2) is 0 Å². The Labute approximate surface area is 186 Å². The normalized spacial score (nSPS) is 12.2. The Bertz CT molecular complexity index is 1140. The topological polar surface area (TPSA) is 94.8 Å². The van der Waals surface area contributed by atoms with Gasteiger partial charge < -0.3 is 10.2 Å². The zero-order valence-corrected chi connectivity index (χ0v) is 18.1. The van der Waals surface area contributed by atoms with Crippen LogP contribution in [0.5, 0.6) is 11.5 Å². The molecule has 5 nitrogen and oxygen atoms in total. The van der Waals surface area contributed by atoms with Crippen molar-refractivity contribution in [2.45, 2.75) is 4.75 Å². The van der Waals surface area contributed by atoms with Crippen molar-refractivity contribution < 1.29 is 23.2 Å². The summed E-state index contributed by atoms with van der Waals surface area (Å²) in [6.45, 7) is 0. The Kier molecular flexibility index (Phi) is 5.98. The first kappa shape index (κ1) is 22.0. The van der Waals surface area contributed by atoms with Gasteiger partial charge >= 0.3 is 0 Å². The second-order valence-electron chi connectivity index (χ2n) is 6.14. The molecule has 0 spiro atoms. The number of hydrogen-bond donors (Lipinski definition) is 3. The van der Waals surface area contributed by atoms with Gasteiger partial charge in [-0.3, -0.25) is 4.55 Å². The third-order valence-corrected chi connectivity index (χ3v) is 6.69. The molecule has 152 valence electrons. The van der Waals surface area contributed by atoms with E-state index in [0.29, 0.717) is 0 Å². The molecule has 10 heteroatoms. The van der Waals surface area contributed by atoms with Gasteiger partial charge in [0.05, 0.1) is 0 Å². The van der Waals surface area contributed by atoms with Crippen LogP contribution in [0.15, 0.2) is 54.6 Å². The highest BCUT2D eigenvalue weighted by molar-refractivity contribution is 7.87. The summed E-state index contributed by atoms with van der Waals surface area (Å²) in [6, 6.07) is 11.1. The van der Waals surface area contributed by atoms with E-state index in [4.69, 9.17) is 46.4 Å². The van der Waals surface area contributed by atoms with Gasteiger partial charge in [-0.2, -0.15) is 8.42 Å². The third kappa shape index (κ3) is 3.89. The lowest BCUT2D eigenvalue weighted by atomic mass is 9.83. The summed E-state index contributed by atoms with van der Waals surface area (Å²) in [5, 5.41) is 21.3. The van der Waals surface area contributed by atoms with Gasteiger partial charge in [-0.05, 0) is 60.2 Å². The van der Waals surface area contributed by atoms with Crippen molar-refractivity contribution in [2.75, 3.05) is 0 Å². The lowest BCUT2D eigenvalue weighted by molar-refractivity contribution is 0.428. The molecular weight excluding hydrogens is 482 g/mol.